The number of hydrogen-bond acceptors (Lipinski definition) is 6. The van der Waals surface area contributed by atoms with Gasteiger partial charge in [-0.05, 0) is 19.8 Å². The Labute approximate surface area is 149 Å². The highest BCUT2D eigenvalue weighted by Gasteiger charge is 2.29. The lowest BCUT2D eigenvalue weighted by atomic mass is 10.1. The van der Waals surface area contributed by atoms with Crippen molar-refractivity contribution < 1.29 is 17.9 Å². The second-order valence-corrected chi connectivity index (χ2v) is 6.17. The maximum absolute atomic E-state index is 12.6. The van der Waals surface area contributed by atoms with Gasteiger partial charge < -0.3 is 15.4 Å². The van der Waals surface area contributed by atoms with Crippen LogP contribution in [-0.2, 0) is 11.2 Å². The number of rotatable bonds is 5. The third kappa shape index (κ3) is 4.24. The van der Waals surface area contributed by atoms with Crippen LogP contribution >= 0.6 is 0 Å². The molecule has 3 heterocycles. The lowest BCUT2D eigenvalue weighted by Crippen LogP contribution is -2.21. The smallest absolute Gasteiger partial charge is 0.381 e. The Morgan fingerprint density at radius 3 is 2.65 bits per heavy atom. The first-order valence-electron chi connectivity index (χ1n) is 8.36. The van der Waals surface area contributed by atoms with E-state index in [1.165, 1.54) is 13.2 Å². The molecule has 2 aromatic rings. The van der Waals surface area contributed by atoms with Crippen molar-refractivity contribution in [1.82, 2.24) is 19.7 Å². The van der Waals surface area contributed by atoms with Gasteiger partial charge >= 0.3 is 6.18 Å². The Bertz CT molecular complexity index is 755. The van der Waals surface area contributed by atoms with Crippen LogP contribution in [0.25, 0.3) is 0 Å². The zero-order valence-corrected chi connectivity index (χ0v) is 14.6. The van der Waals surface area contributed by atoms with Crippen LogP contribution in [0, 0.1) is 6.92 Å². The van der Waals surface area contributed by atoms with E-state index in [1.807, 2.05) is 11.6 Å². The Hall–Kier alpha value is -2.36. The van der Waals surface area contributed by atoms with Gasteiger partial charge in [0.2, 0.25) is 5.95 Å². The Morgan fingerprint density at radius 2 is 2.00 bits per heavy atom. The molecule has 0 aliphatic carbocycles. The fourth-order valence-electron chi connectivity index (χ4n) is 2.99. The van der Waals surface area contributed by atoms with Crippen molar-refractivity contribution in [2.75, 3.05) is 30.9 Å². The minimum absolute atomic E-state index is 0.000160. The number of halogens is 3. The molecule has 142 valence electrons. The van der Waals surface area contributed by atoms with Gasteiger partial charge in [-0.1, -0.05) is 0 Å². The summed E-state index contributed by atoms with van der Waals surface area (Å²) in [6.45, 7) is 3.35. The molecule has 0 unspecified atom stereocenters. The number of anilines is 3. The van der Waals surface area contributed by atoms with Gasteiger partial charge in [0.15, 0.2) is 0 Å². The van der Waals surface area contributed by atoms with Crippen molar-refractivity contribution in [3.63, 3.8) is 0 Å². The summed E-state index contributed by atoms with van der Waals surface area (Å²) in [5.41, 5.74) is 1.65. The number of nitrogens with zero attached hydrogens (tertiary/aromatic N) is 4. The summed E-state index contributed by atoms with van der Waals surface area (Å²) in [5, 5.41) is 10.2. The predicted molar refractivity (Wildman–Crippen MR) is 90.7 cm³/mol. The lowest BCUT2D eigenvalue weighted by Gasteiger charge is -2.23. The largest absolute Gasteiger partial charge is 0.393 e. The van der Waals surface area contributed by atoms with Gasteiger partial charge in [-0.15, -0.1) is 0 Å². The van der Waals surface area contributed by atoms with E-state index in [4.69, 9.17) is 4.74 Å². The van der Waals surface area contributed by atoms with Crippen molar-refractivity contribution in [2.45, 2.75) is 38.4 Å². The molecule has 0 aromatic carbocycles. The first kappa shape index (κ1) is 18.4. The van der Waals surface area contributed by atoms with Crippen LogP contribution in [0.2, 0.25) is 0 Å². The number of aromatic nitrogens is 4. The van der Waals surface area contributed by atoms with Crippen LogP contribution in [0.1, 0.15) is 30.1 Å². The predicted octanol–water partition coefficient (Wildman–Crippen LogP) is 3.22. The van der Waals surface area contributed by atoms with Crippen LogP contribution in [-0.4, -0.2) is 46.2 Å². The summed E-state index contributed by atoms with van der Waals surface area (Å²) in [4.78, 5) is 8.15. The van der Waals surface area contributed by atoms with Gasteiger partial charge in [0.05, 0.1) is 30.0 Å². The maximum Gasteiger partial charge on any atom is 0.393 e. The van der Waals surface area contributed by atoms with Gasteiger partial charge in [-0.2, -0.15) is 23.3 Å². The standard InChI is InChI=1S/C16H21F3N6O/c1-10-13(9-22-25(10)12-3-5-26-6-4-12)23-15-21-8-11(7-16(17,18)19)14(20-2)24-15/h8-9,12H,3-7H2,1-2H3,(H2,20,21,23,24). The molecule has 26 heavy (non-hydrogen) atoms. The minimum atomic E-state index is -4.31. The van der Waals surface area contributed by atoms with Gasteiger partial charge in [0.1, 0.15) is 5.82 Å². The van der Waals surface area contributed by atoms with Gasteiger partial charge in [-0.25, -0.2) is 4.98 Å². The van der Waals surface area contributed by atoms with Crippen molar-refractivity contribution in [1.29, 1.82) is 0 Å². The fraction of sp³-hybridized carbons (Fsp3) is 0.562. The molecule has 1 fully saturated rings. The first-order chi connectivity index (χ1) is 12.4. The zero-order valence-electron chi connectivity index (χ0n) is 14.6. The summed E-state index contributed by atoms with van der Waals surface area (Å²) in [7, 11) is 1.53. The van der Waals surface area contributed by atoms with Gasteiger partial charge in [0, 0.05) is 32.0 Å². The summed E-state index contributed by atoms with van der Waals surface area (Å²) in [5.74, 6) is 0.365. The average Bonchev–Trinajstić information content (AvgIpc) is 2.96. The number of alkyl halides is 3. The molecule has 0 saturated carbocycles. The molecule has 1 aliphatic rings. The molecular weight excluding hydrogens is 349 g/mol. The van der Waals surface area contributed by atoms with E-state index in [0.29, 0.717) is 13.2 Å². The molecule has 1 aliphatic heterocycles. The summed E-state index contributed by atoms with van der Waals surface area (Å²) in [6, 6.07) is 0.280. The van der Waals surface area contributed by atoms with Gasteiger partial charge in [0.25, 0.3) is 0 Å². The second kappa shape index (κ2) is 7.48. The minimum Gasteiger partial charge on any atom is -0.381 e. The third-order valence-electron chi connectivity index (χ3n) is 4.32. The Kier molecular flexibility index (Phi) is 5.30. The van der Waals surface area contributed by atoms with Crippen LogP contribution in [0.4, 0.5) is 30.6 Å². The molecule has 2 aromatic heterocycles. The highest BCUT2D eigenvalue weighted by atomic mass is 19.4. The van der Waals surface area contributed by atoms with E-state index >= 15 is 0 Å². The molecule has 0 atom stereocenters. The molecule has 7 nitrogen and oxygen atoms in total. The molecule has 1 saturated heterocycles. The summed E-state index contributed by atoms with van der Waals surface area (Å²) >= 11 is 0. The molecular formula is C16H21F3N6O. The molecule has 0 bridgehead atoms. The highest BCUT2D eigenvalue weighted by molar-refractivity contribution is 5.57. The quantitative estimate of drug-likeness (QED) is 0.842. The Balaban J connectivity index is 1.77. The molecule has 2 N–H and O–H groups in total. The topological polar surface area (TPSA) is 76.9 Å². The number of ether oxygens (including phenoxy) is 1. The third-order valence-corrected chi connectivity index (χ3v) is 4.32. The van der Waals surface area contributed by atoms with Crippen LogP contribution in [0.3, 0.4) is 0 Å². The van der Waals surface area contributed by atoms with Crippen molar-refractivity contribution in [3.05, 3.63) is 23.7 Å². The fourth-order valence-corrected chi connectivity index (χ4v) is 2.99. The number of nitrogens with one attached hydrogen (secondary N) is 2. The summed E-state index contributed by atoms with van der Waals surface area (Å²) in [6.07, 6.45) is -0.734. The molecule has 0 spiro atoms. The van der Waals surface area contributed by atoms with Crippen molar-refractivity contribution in [2.24, 2.45) is 0 Å². The molecule has 0 amide bonds. The van der Waals surface area contributed by atoms with E-state index in [-0.39, 0.29) is 23.4 Å². The normalized spacial score (nSPS) is 15.9. The van der Waals surface area contributed by atoms with Crippen LogP contribution in [0.5, 0.6) is 0 Å². The van der Waals surface area contributed by atoms with E-state index in [0.717, 1.165) is 24.2 Å². The molecule has 10 heteroatoms. The van der Waals surface area contributed by atoms with E-state index in [1.54, 1.807) is 6.20 Å². The highest BCUT2D eigenvalue weighted by Crippen LogP contribution is 2.28. The monoisotopic (exact) mass is 370 g/mol. The maximum atomic E-state index is 12.6. The van der Waals surface area contributed by atoms with Gasteiger partial charge in [-0.3, -0.25) is 4.68 Å². The van der Waals surface area contributed by atoms with Crippen LogP contribution in [0.15, 0.2) is 12.4 Å². The zero-order chi connectivity index (χ0) is 18.7. The lowest BCUT2D eigenvalue weighted by molar-refractivity contribution is -0.127. The average molecular weight is 370 g/mol. The molecule has 3 rings (SSSR count). The van der Waals surface area contributed by atoms with Crippen molar-refractivity contribution >= 4 is 17.5 Å². The second-order valence-electron chi connectivity index (χ2n) is 6.17. The van der Waals surface area contributed by atoms with Crippen LogP contribution < -0.4 is 10.6 Å². The first-order valence-corrected chi connectivity index (χ1v) is 8.36. The summed E-state index contributed by atoms with van der Waals surface area (Å²) < 4.78 is 45.2. The molecule has 0 radical (unpaired) electrons. The van der Waals surface area contributed by atoms with E-state index < -0.39 is 12.6 Å². The number of hydrogen-bond donors (Lipinski definition) is 2. The van der Waals surface area contributed by atoms with E-state index in [2.05, 4.69) is 25.7 Å². The Morgan fingerprint density at radius 1 is 1.27 bits per heavy atom. The van der Waals surface area contributed by atoms with E-state index in [9.17, 15) is 13.2 Å². The van der Waals surface area contributed by atoms with Crippen molar-refractivity contribution in [3.8, 4) is 0 Å². The SMILES string of the molecule is CNc1nc(Nc2cnn(C3CCOCC3)c2C)ncc1CC(F)(F)F.